The average Bonchev–Trinajstić information content (AvgIpc) is 3.00. The van der Waals surface area contributed by atoms with E-state index >= 15 is 0 Å². The zero-order chi connectivity index (χ0) is 11.8. The van der Waals surface area contributed by atoms with Crippen molar-refractivity contribution in [3.63, 3.8) is 0 Å². The summed E-state index contributed by atoms with van der Waals surface area (Å²) in [5.74, 6) is 0.239. The van der Waals surface area contributed by atoms with E-state index in [4.69, 9.17) is 4.74 Å². The summed E-state index contributed by atoms with van der Waals surface area (Å²) in [5, 5.41) is 3.12. The van der Waals surface area contributed by atoms with Crippen LogP contribution in [0, 0.1) is 5.41 Å². The third kappa shape index (κ3) is 2.74. The molecule has 2 heterocycles. The molecule has 4 heteroatoms. The summed E-state index contributed by atoms with van der Waals surface area (Å²) in [4.78, 5) is 14.2. The first-order valence-corrected chi connectivity index (χ1v) is 6.09. The maximum absolute atomic E-state index is 12.2. The number of likely N-dealkylation sites (tertiary alicyclic amines) is 1. The first-order valence-electron chi connectivity index (χ1n) is 6.09. The lowest BCUT2D eigenvalue weighted by Gasteiger charge is -2.29. The highest BCUT2D eigenvalue weighted by molar-refractivity contribution is 5.82. The molecule has 2 saturated heterocycles. The molecule has 0 aromatic carbocycles. The molecule has 2 unspecified atom stereocenters. The van der Waals surface area contributed by atoms with E-state index in [-0.39, 0.29) is 23.5 Å². The zero-order valence-corrected chi connectivity index (χ0v) is 10.5. The molecule has 0 aliphatic carbocycles. The van der Waals surface area contributed by atoms with Gasteiger partial charge in [0, 0.05) is 13.1 Å². The number of carbonyl (C=O) groups is 1. The monoisotopic (exact) mass is 226 g/mol. The third-order valence-electron chi connectivity index (χ3n) is 3.51. The molecule has 0 aromatic heterocycles. The van der Waals surface area contributed by atoms with Crippen molar-refractivity contribution in [2.24, 2.45) is 5.41 Å². The van der Waals surface area contributed by atoms with E-state index in [2.05, 4.69) is 19.2 Å². The highest BCUT2D eigenvalue weighted by Gasteiger charge is 2.37. The van der Waals surface area contributed by atoms with Gasteiger partial charge in [0.1, 0.15) is 0 Å². The van der Waals surface area contributed by atoms with Crippen LogP contribution in [-0.2, 0) is 9.53 Å². The van der Waals surface area contributed by atoms with Gasteiger partial charge >= 0.3 is 0 Å². The van der Waals surface area contributed by atoms with Crippen LogP contribution in [0.5, 0.6) is 0 Å². The molecule has 0 aromatic rings. The molecule has 2 aliphatic rings. The normalized spacial score (nSPS) is 33.7. The molecular formula is C12H22N2O2. The van der Waals surface area contributed by atoms with Crippen molar-refractivity contribution in [3.8, 4) is 0 Å². The number of likely N-dealkylation sites (N-methyl/N-ethyl adjacent to an activating group) is 1. The van der Waals surface area contributed by atoms with Crippen LogP contribution in [0.25, 0.3) is 0 Å². The summed E-state index contributed by atoms with van der Waals surface area (Å²) in [6, 6.07) is -0.0134. The van der Waals surface area contributed by atoms with Crippen molar-refractivity contribution in [3.05, 3.63) is 0 Å². The van der Waals surface area contributed by atoms with Crippen LogP contribution < -0.4 is 5.32 Å². The van der Waals surface area contributed by atoms with E-state index < -0.39 is 0 Å². The Kier molecular flexibility index (Phi) is 3.22. The lowest BCUT2D eigenvalue weighted by atomic mass is 9.87. The predicted octanol–water partition coefficient (Wildman–Crippen LogP) is 0.622. The second-order valence-corrected chi connectivity index (χ2v) is 5.72. The van der Waals surface area contributed by atoms with Crippen molar-refractivity contribution >= 4 is 5.91 Å². The van der Waals surface area contributed by atoms with Crippen LogP contribution in [-0.4, -0.2) is 49.7 Å². The van der Waals surface area contributed by atoms with Crippen molar-refractivity contribution in [2.75, 3.05) is 26.7 Å². The zero-order valence-electron chi connectivity index (χ0n) is 10.5. The summed E-state index contributed by atoms with van der Waals surface area (Å²) in [6.45, 7) is 6.90. The van der Waals surface area contributed by atoms with Gasteiger partial charge in [-0.3, -0.25) is 4.79 Å². The van der Waals surface area contributed by atoms with Gasteiger partial charge in [0.05, 0.1) is 18.8 Å². The fourth-order valence-corrected chi connectivity index (χ4v) is 2.39. The minimum Gasteiger partial charge on any atom is -0.371 e. The van der Waals surface area contributed by atoms with Gasteiger partial charge in [-0.25, -0.2) is 0 Å². The number of hydrogen-bond donors (Lipinski definition) is 1. The molecule has 0 saturated carbocycles. The molecule has 0 radical (unpaired) electrons. The minimum atomic E-state index is -0.0134. The predicted molar refractivity (Wildman–Crippen MR) is 62.2 cm³/mol. The van der Waals surface area contributed by atoms with Crippen molar-refractivity contribution < 1.29 is 9.53 Å². The van der Waals surface area contributed by atoms with Gasteiger partial charge in [-0.1, -0.05) is 13.8 Å². The van der Waals surface area contributed by atoms with Crippen molar-refractivity contribution in [1.82, 2.24) is 10.2 Å². The molecule has 1 N–H and O–H groups in total. The average molecular weight is 226 g/mol. The molecule has 16 heavy (non-hydrogen) atoms. The van der Waals surface area contributed by atoms with Gasteiger partial charge in [0.15, 0.2) is 0 Å². The Morgan fingerprint density at radius 2 is 2.25 bits per heavy atom. The number of carbonyl (C=O) groups excluding carboxylic acids is 1. The number of hydrogen-bond acceptors (Lipinski definition) is 3. The number of rotatable bonds is 3. The van der Waals surface area contributed by atoms with E-state index in [0.717, 1.165) is 32.5 Å². The van der Waals surface area contributed by atoms with E-state index in [0.29, 0.717) is 0 Å². The first kappa shape index (κ1) is 11.9. The van der Waals surface area contributed by atoms with E-state index in [1.807, 2.05) is 11.9 Å². The summed E-state index contributed by atoms with van der Waals surface area (Å²) in [6.07, 6.45) is 2.31. The molecule has 2 atom stereocenters. The van der Waals surface area contributed by atoms with Crippen molar-refractivity contribution in [2.45, 2.75) is 38.8 Å². The van der Waals surface area contributed by atoms with Gasteiger partial charge < -0.3 is 15.0 Å². The number of nitrogens with one attached hydrogen (secondary N) is 1. The van der Waals surface area contributed by atoms with Crippen LogP contribution in [0.2, 0.25) is 0 Å². The molecule has 92 valence electrons. The summed E-state index contributed by atoms with van der Waals surface area (Å²) < 4.78 is 5.22. The minimum absolute atomic E-state index is 0.0134. The fraction of sp³-hybridized carbons (Fsp3) is 0.917. The van der Waals surface area contributed by atoms with Gasteiger partial charge in [-0.15, -0.1) is 0 Å². The molecule has 2 aliphatic heterocycles. The molecule has 0 spiro atoms. The Morgan fingerprint density at radius 3 is 2.81 bits per heavy atom. The Balaban J connectivity index is 2.07. The van der Waals surface area contributed by atoms with Gasteiger partial charge in [0.25, 0.3) is 0 Å². The first-order chi connectivity index (χ1) is 7.52. The van der Waals surface area contributed by atoms with Crippen LogP contribution in [0.15, 0.2) is 0 Å². The summed E-state index contributed by atoms with van der Waals surface area (Å²) >= 11 is 0. The van der Waals surface area contributed by atoms with E-state index in [1.54, 1.807) is 0 Å². The smallest absolute Gasteiger partial charge is 0.239 e. The second-order valence-electron chi connectivity index (χ2n) is 5.72. The van der Waals surface area contributed by atoms with E-state index in [1.165, 1.54) is 0 Å². The standard InChI is InChI=1S/C12H22N2O2/c1-12(2)5-4-10(13-3)11(15)14(8-12)6-9-7-16-9/h9-10,13H,4-8H2,1-3H3. The summed E-state index contributed by atoms with van der Waals surface area (Å²) in [7, 11) is 1.87. The Morgan fingerprint density at radius 1 is 1.56 bits per heavy atom. The van der Waals surface area contributed by atoms with Crippen LogP contribution in [0.1, 0.15) is 26.7 Å². The van der Waals surface area contributed by atoms with Gasteiger partial charge in [-0.05, 0) is 25.3 Å². The SMILES string of the molecule is CNC1CCC(C)(C)CN(CC2CO2)C1=O. The van der Waals surface area contributed by atoms with Crippen LogP contribution in [0.4, 0.5) is 0 Å². The lowest BCUT2D eigenvalue weighted by molar-refractivity contribution is -0.133. The molecule has 2 fully saturated rings. The second kappa shape index (κ2) is 4.34. The highest BCUT2D eigenvalue weighted by Crippen LogP contribution is 2.29. The van der Waals surface area contributed by atoms with Crippen LogP contribution >= 0.6 is 0 Å². The van der Waals surface area contributed by atoms with Gasteiger partial charge in [0.2, 0.25) is 5.91 Å². The quantitative estimate of drug-likeness (QED) is 0.718. The number of epoxide rings is 1. The lowest BCUT2D eigenvalue weighted by Crippen LogP contribution is -2.46. The molecular weight excluding hydrogens is 204 g/mol. The topological polar surface area (TPSA) is 44.9 Å². The Labute approximate surface area is 97.3 Å². The largest absolute Gasteiger partial charge is 0.371 e. The molecule has 4 nitrogen and oxygen atoms in total. The summed E-state index contributed by atoms with van der Waals surface area (Å²) in [5.41, 5.74) is 0.218. The molecule has 2 rings (SSSR count). The van der Waals surface area contributed by atoms with Gasteiger partial charge in [-0.2, -0.15) is 0 Å². The van der Waals surface area contributed by atoms with Crippen LogP contribution in [0.3, 0.4) is 0 Å². The number of nitrogens with zero attached hydrogens (tertiary/aromatic N) is 1. The highest BCUT2D eigenvalue weighted by atomic mass is 16.6. The number of amides is 1. The molecule has 0 bridgehead atoms. The molecule has 1 amide bonds. The Bertz CT molecular complexity index is 274. The fourth-order valence-electron chi connectivity index (χ4n) is 2.39. The number of ether oxygens (including phenoxy) is 1. The maximum atomic E-state index is 12.2. The maximum Gasteiger partial charge on any atom is 0.239 e. The Hall–Kier alpha value is -0.610. The third-order valence-corrected chi connectivity index (χ3v) is 3.51. The van der Waals surface area contributed by atoms with E-state index in [9.17, 15) is 4.79 Å². The van der Waals surface area contributed by atoms with Crippen molar-refractivity contribution in [1.29, 1.82) is 0 Å².